The zero-order valence-corrected chi connectivity index (χ0v) is 13.2. The summed E-state index contributed by atoms with van der Waals surface area (Å²) in [6, 6.07) is 5.91. The standard InChI is InChI=1S/C16H18FNO3S/c1-16(20,13-5-6-22-9-13)10-18-15(19)11-3-4-14(17)12(7-11)8-21-2/h3-7,9,20H,8,10H2,1-2H3,(H,18,19). The number of aliphatic hydroxyl groups is 1. The molecule has 1 aromatic heterocycles. The first kappa shape index (κ1) is 16.6. The summed E-state index contributed by atoms with van der Waals surface area (Å²) in [4.78, 5) is 12.1. The van der Waals surface area contributed by atoms with Crippen molar-refractivity contribution in [3.05, 3.63) is 57.5 Å². The van der Waals surface area contributed by atoms with Crippen LogP contribution in [-0.4, -0.2) is 24.7 Å². The first-order valence-corrected chi connectivity index (χ1v) is 7.69. The predicted molar refractivity (Wildman–Crippen MR) is 83.3 cm³/mol. The lowest BCUT2D eigenvalue weighted by Crippen LogP contribution is -2.38. The molecule has 6 heteroatoms. The molecule has 118 valence electrons. The maximum Gasteiger partial charge on any atom is 0.251 e. The second-order valence-corrected chi connectivity index (χ2v) is 5.99. The van der Waals surface area contributed by atoms with Crippen molar-refractivity contribution in [1.82, 2.24) is 5.32 Å². The minimum absolute atomic E-state index is 0.0690. The van der Waals surface area contributed by atoms with Gasteiger partial charge in [-0.3, -0.25) is 4.79 Å². The van der Waals surface area contributed by atoms with E-state index in [2.05, 4.69) is 5.32 Å². The van der Waals surface area contributed by atoms with Crippen molar-refractivity contribution in [2.45, 2.75) is 19.1 Å². The van der Waals surface area contributed by atoms with Gasteiger partial charge >= 0.3 is 0 Å². The van der Waals surface area contributed by atoms with Crippen LogP contribution in [0.3, 0.4) is 0 Å². The van der Waals surface area contributed by atoms with E-state index in [1.165, 1.54) is 36.6 Å². The Morgan fingerprint density at radius 2 is 2.23 bits per heavy atom. The summed E-state index contributed by atoms with van der Waals surface area (Å²) < 4.78 is 18.4. The van der Waals surface area contributed by atoms with E-state index >= 15 is 0 Å². The van der Waals surface area contributed by atoms with Crippen molar-refractivity contribution in [1.29, 1.82) is 0 Å². The Morgan fingerprint density at radius 3 is 2.86 bits per heavy atom. The number of thiophene rings is 1. The fourth-order valence-electron chi connectivity index (χ4n) is 2.01. The molecule has 1 atom stereocenters. The molecule has 0 bridgehead atoms. The normalized spacial score (nSPS) is 13.6. The summed E-state index contributed by atoms with van der Waals surface area (Å²) in [6.07, 6.45) is 0. The van der Waals surface area contributed by atoms with Crippen LogP contribution in [0, 0.1) is 5.82 Å². The Labute approximate surface area is 132 Å². The van der Waals surface area contributed by atoms with Gasteiger partial charge in [-0.05, 0) is 47.5 Å². The average molecular weight is 323 g/mol. The van der Waals surface area contributed by atoms with Gasteiger partial charge in [-0.2, -0.15) is 11.3 Å². The topological polar surface area (TPSA) is 58.6 Å². The van der Waals surface area contributed by atoms with Crippen molar-refractivity contribution < 1.29 is 19.0 Å². The highest BCUT2D eigenvalue weighted by Crippen LogP contribution is 2.22. The van der Waals surface area contributed by atoms with Crippen LogP contribution in [0.4, 0.5) is 4.39 Å². The Balaban J connectivity index is 2.05. The van der Waals surface area contributed by atoms with E-state index in [9.17, 15) is 14.3 Å². The van der Waals surface area contributed by atoms with Gasteiger partial charge in [0.2, 0.25) is 0 Å². The zero-order chi connectivity index (χ0) is 16.2. The molecule has 0 spiro atoms. The second kappa shape index (κ2) is 7.00. The predicted octanol–water partition coefficient (Wildman–Crippen LogP) is 2.67. The number of rotatable bonds is 6. The number of benzene rings is 1. The third-order valence-corrected chi connectivity index (χ3v) is 4.03. The van der Waals surface area contributed by atoms with Crippen LogP contribution in [0.5, 0.6) is 0 Å². The maximum atomic E-state index is 13.5. The van der Waals surface area contributed by atoms with Crippen molar-refractivity contribution in [3.8, 4) is 0 Å². The maximum absolute atomic E-state index is 13.5. The molecule has 1 heterocycles. The smallest absolute Gasteiger partial charge is 0.251 e. The molecule has 4 nitrogen and oxygen atoms in total. The van der Waals surface area contributed by atoms with Gasteiger partial charge in [0.25, 0.3) is 5.91 Å². The van der Waals surface area contributed by atoms with Crippen LogP contribution in [0.2, 0.25) is 0 Å². The van der Waals surface area contributed by atoms with Gasteiger partial charge in [-0.15, -0.1) is 0 Å². The molecular weight excluding hydrogens is 305 g/mol. The summed E-state index contributed by atoms with van der Waals surface area (Å²) >= 11 is 1.48. The number of methoxy groups -OCH3 is 1. The number of hydrogen-bond acceptors (Lipinski definition) is 4. The minimum atomic E-state index is -1.15. The highest BCUT2D eigenvalue weighted by molar-refractivity contribution is 7.08. The molecule has 0 aliphatic rings. The molecule has 0 saturated heterocycles. The van der Waals surface area contributed by atoms with E-state index in [-0.39, 0.29) is 19.1 Å². The summed E-state index contributed by atoms with van der Waals surface area (Å²) in [5.74, 6) is -0.781. The summed E-state index contributed by atoms with van der Waals surface area (Å²) in [5, 5.41) is 16.7. The fourth-order valence-corrected chi connectivity index (χ4v) is 2.79. The quantitative estimate of drug-likeness (QED) is 0.859. The molecule has 0 aliphatic carbocycles. The lowest BCUT2D eigenvalue weighted by Gasteiger charge is -2.22. The summed E-state index contributed by atoms with van der Waals surface area (Å²) in [7, 11) is 1.46. The lowest BCUT2D eigenvalue weighted by molar-refractivity contribution is 0.0530. The minimum Gasteiger partial charge on any atom is -0.384 e. The van der Waals surface area contributed by atoms with Gasteiger partial charge < -0.3 is 15.2 Å². The van der Waals surface area contributed by atoms with Gasteiger partial charge in [-0.25, -0.2) is 4.39 Å². The molecule has 2 aromatic rings. The van der Waals surface area contributed by atoms with Crippen molar-refractivity contribution in [2.24, 2.45) is 0 Å². The number of halogens is 1. The van der Waals surface area contributed by atoms with E-state index < -0.39 is 11.4 Å². The Kier molecular flexibility index (Phi) is 5.28. The number of carbonyl (C=O) groups excluding carboxylic acids is 1. The first-order chi connectivity index (χ1) is 10.4. The van der Waals surface area contributed by atoms with Crippen LogP contribution in [-0.2, 0) is 16.9 Å². The molecule has 0 saturated carbocycles. The van der Waals surface area contributed by atoms with Gasteiger partial charge in [-0.1, -0.05) is 0 Å². The number of carbonyl (C=O) groups is 1. The SMILES string of the molecule is COCc1cc(C(=O)NCC(C)(O)c2ccsc2)ccc1F. The number of nitrogens with one attached hydrogen (secondary N) is 1. The van der Waals surface area contributed by atoms with E-state index in [1.807, 2.05) is 16.8 Å². The van der Waals surface area contributed by atoms with Crippen molar-refractivity contribution in [3.63, 3.8) is 0 Å². The zero-order valence-electron chi connectivity index (χ0n) is 12.4. The fraction of sp³-hybridized carbons (Fsp3) is 0.312. The number of amides is 1. The third-order valence-electron chi connectivity index (χ3n) is 3.34. The van der Waals surface area contributed by atoms with Crippen molar-refractivity contribution in [2.75, 3.05) is 13.7 Å². The lowest BCUT2D eigenvalue weighted by atomic mass is 9.99. The third kappa shape index (κ3) is 3.91. The van der Waals surface area contributed by atoms with Gasteiger partial charge in [0.05, 0.1) is 13.2 Å². The van der Waals surface area contributed by atoms with Crippen LogP contribution in [0.25, 0.3) is 0 Å². The number of hydrogen-bond donors (Lipinski definition) is 2. The molecule has 22 heavy (non-hydrogen) atoms. The average Bonchev–Trinajstić information content (AvgIpc) is 3.02. The van der Waals surface area contributed by atoms with Gasteiger partial charge in [0.1, 0.15) is 11.4 Å². The highest BCUT2D eigenvalue weighted by Gasteiger charge is 2.24. The molecule has 0 fully saturated rings. The van der Waals surface area contributed by atoms with E-state index in [0.29, 0.717) is 11.1 Å². The molecule has 2 N–H and O–H groups in total. The highest BCUT2D eigenvalue weighted by atomic mass is 32.1. The van der Waals surface area contributed by atoms with Crippen LogP contribution >= 0.6 is 11.3 Å². The molecule has 1 amide bonds. The van der Waals surface area contributed by atoms with E-state index in [0.717, 1.165) is 5.56 Å². The molecule has 2 rings (SSSR count). The molecular formula is C16H18FNO3S. The molecule has 1 unspecified atom stereocenters. The summed E-state index contributed by atoms with van der Waals surface area (Å²) in [6.45, 7) is 1.80. The molecule has 0 aliphatic heterocycles. The van der Waals surface area contributed by atoms with Crippen LogP contribution in [0.15, 0.2) is 35.0 Å². The van der Waals surface area contributed by atoms with E-state index in [4.69, 9.17) is 4.74 Å². The van der Waals surface area contributed by atoms with Gasteiger partial charge in [0, 0.05) is 18.2 Å². The van der Waals surface area contributed by atoms with Gasteiger partial charge in [0.15, 0.2) is 0 Å². The van der Waals surface area contributed by atoms with E-state index in [1.54, 1.807) is 6.92 Å². The Morgan fingerprint density at radius 1 is 1.45 bits per heavy atom. The second-order valence-electron chi connectivity index (χ2n) is 5.21. The largest absolute Gasteiger partial charge is 0.384 e. The van der Waals surface area contributed by atoms with Crippen molar-refractivity contribution >= 4 is 17.2 Å². The first-order valence-electron chi connectivity index (χ1n) is 6.74. The number of ether oxygens (including phenoxy) is 1. The van der Waals surface area contributed by atoms with Crippen LogP contribution < -0.4 is 5.32 Å². The summed E-state index contributed by atoms with van der Waals surface area (Å²) in [5.41, 5.74) is 0.247. The monoisotopic (exact) mass is 323 g/mol. The Hall–Kier alpha value is -1.76. The molecule has 0 radical (unpaired) electrons. The van der Waals surface area contributed by atoms with Crippen LogP contribution in [0.1, 0.15) is 28.4 Å². The molecule has 1 aromatic carbocycles. The Bertz CT molecular complexity index is 641.